The van der Waals surface area contributed by atoms with Crippen molar-refractivity contribution >= 4 is 41.4 Å². The van der Waals surface area contributed by atoms with Gasteiger partial charge in [-0.05, 0) is 70.6 Å². The topological polar surface area (TPSA) is 114 Å². The van der Waals surface area contributed by atoms with E-state index in [1.165, 1.54) is 16.7 Å². The number of nitrogens with zero attached hydrogens (tertiary/aromatic N) is 2. The number of hydrogen-bond donors (Lipinski definition) is 1. The van der Waals surface area contributed by atoms with E-state index in [1.54, 1.807) is 27.7 Å². The number of anilines is 1. The number of thioether (sulfide) groups is 1. The van der Waals surface area contributed by atoms with Gasteiger partial charge in [-0.1, -0.05) is 74.6 Å². The molecule has 0 radical (unpaired) electrons. The summed E-state index contributed by atoms with van der Waals surface area (Å²) in [4.78, 5) is 56.4. The molecule has 0 bridgehead atoms. The van der Waals surface area contributed by atoms with Gasteiger partial charge in [-0.3, -0.25) is 24.6 Å². The first-order valence-electron chi connectivity index (χ1n) is 17.7. The Balaban J connectivity index is 1.22. The maximum atomic E-state index is 13.9. The first-order valence-corrected chi connectivity index (χ1v) is 18.7. The van der Waals surface area contributed by atoms with Crippen LogP contribution in [0.4, 0.5) is 10.5 Å². The Kier molecular flexibility index (Phi) is 14.8. The lowest BCUT2D eigenvalue weighted by molar-refractivity contribution is -0.154. The quantitative estimate of drug-likeness (QED) is 0.123. The van der Waals surface area contributed by atoms with Gasteiger partial charge >= 0.3 is 18.0 Å². The van der Waals surface area contributed by atoms with Gasteiger partial charge in [-0.15, -0.1) is 11.8 Å². The van der Waals surface area contributed by atoms with Gasteiger partial charge in [-0.25, -0.2) is 4.79 Å². The molecule has 2 aliphatic rings. The molecule has 2 aromatic rings. The molecular weight excluding hydrogens is 642 g/mol. The third kappa shape index (κ3) is 12.4. The first kappa shape index (κ1) is 38.2. The molecule has 4 rings (SSSR count). The third-order valence-electron chi connectivity index (χ3n) is 8.74. The fourth-order valence-electron chi connectivity index (χ4n) is 6.24. The number of esters is 2. The Bertz CT molecular complexity index is 1370. The zero-order valence-corrected chi connectivity index (χ0v) is 30.3. The molecule has 0 unspecified atom stereocenters. The monoisotopic (exact) mass is 695 g/mol. The number of benzene rings is 2. The Labute approximate surface area is 295 Å². The van der Waals surface area contributed by atoms with Crippen LogP contribution in [0.5, 0.6) is 0 Å². The Morgan fingerprint density at radius 1 is 0.939 bits per heavy atom. The number of carbonyl (C=O) groups excluding carboxylic acids is 4. The maximum Gasteiger partial charge on any atom is 0.410 e. The minimum absolute atomic E-state index is 0.215. The van der Waals surface area contributed by atoms with Gasteiger partial charge < -0.3 is 19.1 Å². The van der Waals surface area contributed by atoms with Crippen LogP contribution in [0, 0.1) is 5.92 Å². The number of nitrogens with one attached hydrogen (secondary N) is 1. The molecule has 2 heterocycles. The highest BCUT2D eigenvalue weighted by Crippen LogP contribution is 2.34. The van der Waals surface area contributed by atoms with Gasteiger partial charge in [0, 0.05) is 23.7 Å². The van der Waals surface area contributed by atoms with E-state index in [9.17, 15) is 19.2 Å². The van der Waals surface area contributed by atoms with Crippen molar-refractivity contribution in [2.24, 2.45) is 5.92 Å². The molecule has 2 amide bonds. The number of unbranched alkanes of at least 4 members (excludes halogenated alkanes) is 3. The largest absolute Gasteiger partial charge is 0.465 e. The van der Waals surface area contributed by atoms with Gasteiger partial charge in [-0.2, -0.15) is 0 Å². The van der Waals surface area contributed by atoms with Crippen molar-refractivity contribution in [2.45, 2.75) is 108 Å². The molecule has 0 saturated carbocycles. The molecule has 2 atom stereocenters. The van der Waals surface area contributed by atoms with Gasteiger partial charge in [0.1, 0.15) is 24.8 Å². The van der Waals surface area contributed by atoms with Crippen molar-refractivity contribution in [2.75, 3.05) is 36.9 Å². The lowest BCUT2D eigenvalue weighted by atomic mass is 9.91. The van der Waals surface area contributed by atoms with Crippen molar-refractivity contribution in [3.05, 3.63) is 60.2 Å². The highest BCUT2D eigenvalue weighted by atomic mass is 32.2. The number of ether oxygens (including phenoxy) is 3. The molecule has 0 aromatic heterocycles. The third-order valence-corrected chi connectivity index (χ3v) is 9.90. The van der Waals surface area contributed by atoms with Crippen LogP contribution in [0.2, 0.25) is 0 Å². The highest BCUT2D eigenvalue weighted by Gasteiger charge is 2.35. The van der Waals surface area contributed by atoms with E-state index < -0.39 is 23.7 Å². The first-order chi connectivity index (χ1) is 23.5. The number of para-hydroxylation sites is 1. The number of likely N-dealkylation sites (tertiary alicyclic amines) is 1. The van der Waals surface area contributed by atoms with Crippen molar-refractivity contribution in [3.63, 3.8) is 0 Å². The predicted octanol–water partition coefficient (Wildman–Crippen LogP) is 6.75. The second kappa shape index (κ2) is 19.0. The fraction of sp³-hybridized carbons (Fsp3) is 0.579. The SMILES string of the molecule is CCOC(=O)[C@H](CCCCCCC1CCN(C(=O)OCc2ccccc2)CC1)N[C@H]1CSc2ccccc2N(CC(=O)OC(C)(C)C)C1=O. The number of rotatable bonds is 15. The number of amides is 2. The second-order valence-corrected chi connectivity index (χ2v) is 14.8. The highest BCUT2D eigenvalue weighted by molar-refractivity contribution is 7.99. The Hall–Kier alpha value is -3.57. The Morgan fingerprint density at radius 2 is 1.63 bits per heavy atom. The number of piperidine rings is 1. The zero-order valence-electron chi connectivity index (χ0n) is 29.5. The standard InChI is InChI=1S/C38H53N3O7S/c1-5-46-36(44)30(39-31-27-49-33-20-14-13-19-32(33)41(35(31)43)25-34(42)48-38(2,3)4)18-12-7-6-9-15-28-21-23-40(24-22-28)37(45)47-26-29-16-10-8-11-17-29/h8,10-11,13-14,16-17,19-20,28,30-31,39H,5-7,9,12,15,18,21-27H2,1-4H3/t30-,31-/m0/s1. The molecule has 11 heteroatoms. The van der Waals surface area contributed by atoms with Gasteiger partial charge in [0.05, 0.1) is 18.3 Å². The van der Waals surface area contributed by atoms with Crippen LogP contribution in [0.3, 0.4) is 0 Å². The van der Waals surface area contributed by atoms with E-state index in [0.717, 1.165) is 68.5 Å². The van der Waals surface area contributed by atoms with E-state index in [0.29, 0.717) is 30.4 Å². The second-order valence-electron chi connectivity index (χ2n) is 13.8. The minimum atomic E-state index is -0.685. The molecule has 1 saturated heterocycles. The maximum absolute atomic E-state index is 13.9. The normalized spacial score (nSPS) is 17.6. The molecule has 0 aliphatic carbocycles. The average Bonchev–Trinajstić information content (AvgIpc) is 3.20. The number of hydrogen-bond acceptors (Lipinski definition) is 9. The molecule has 10 nitrogen and oxygen atoms in total. The molecule has 0 spiro atoms. The lowest BCUT2D eigenvalue weighted by Crippen LogP contribution is -2.54. The van der Waals surface area contributed by atoms with Crippen LogP contribution in [0.25, 0.3) is 0 Å². The summed E-state index contributed by atoms with van der Waals surface area (Å²) in [7, 11) is 0. The summed E-state index contributed by atoms with van der Waals surface area (Å²) in [6.45, 7) is 8.95. The summed E-state index contributed by atoms with van der Waals surface area (Å²) in [5.41, 5.74) is 0.970. The van der Waals surface area contributed by atoms with Crippen LogP contribution in [-0.2, 0) is 35.2 Å². The minimum Gasteiger partial charge on any atom is -0.465 e. The Morgan fingerprint density at radius 3 is 2.35 bits per heavy atom. The van der Waals surface area contributed by atoms with Gasteiger partial charge in [0.2, 0.25) is 5.91 Å². The predicted molar refractivity (Wildman–Crippen MR) is 191 cm³/mol. The van der Waals surface area contributed by atoms with E-state index in [2.05, 4.69) is 5.32 Å². The molecule has 2 aliphatic heterocycles. The zero-order chi connectivity index (χ0) is 35.2. The van der Waals surface area contributed by atoms with Crippen molar-refractivity contribution in [3.8, 4) is 0 Å². The lowest BCUT2D eigenvalue weighted by Gasteiger charge is -2.31. The van der Waals surface area contributed by atoms with E-state index in [1.807, 2.05) is 59.5 Å². The summed E-state index contributed by atoms with van der Waals surface area (Å²) in [6.07, 6.45) is 7.32. The number of fused-ring (bicyclic) bond motifs is 1. The fourth-order valence-corrected chi connectivity index (χ4v) is 7.33. The van der Waals surface area contributed by atoms with E-state index >= 15 is 0 Å². The number of carbonyl (C=O) groups is 4. The van der Waals surface area contributed by atoms with Crippen LogP contribution >= 0.6 is 11.8 Å². The van der Waals surface area contributed by atoms with Crippen LogP contribution < -0.4 is 10.2 Å². The molecule has 2 aromatic carbocycles. The van der Waals surface area contributed by atoms with Crippen LogP contribution in [-0.4, -0.2) is 78.5 Å². The summed E-state index contributed by atoms with van der Waals surface area (Å²) in [6, 6.07) is 15.9. The summed E-state index contributed by atoms with van der Waals surface area (Å²) in [5.74, 6) is -0.114. The molecule has 1 N–H and O–H groups in total. The van der Waals surface area contributed by atoms with Crippen LogP contribution in [0.15, 0.2) is 59.5 Å². The average molecular weight is 696 g/mol. The van der Waals surface area contributed by atoms with E-state index in [4.69, 9.17) is 14.2 Å². The summed E-state index contributed by atoms with van der Waals surface area (Å²) in [5, 5.41) is 3.31. The molecular formula is C38H53N3O7S. The smallest absolute Gasteiger partial charge is 0.410 e. The molecule has 49 heavy (non-hydrogen) atoms. The summed E-state index contributed by atoms with van der Waals surface area (Å²) >= 11 is 1.53. The summed E-state index contributed by atoms with van der Waals surface area (Å²) < 4.78 is 16.4. The van der Waals surface area contributed by atoms with Crippen LogP contribution in [0.1, 0.15) is 84.6 Å². The van der Waals surface area contributed by atoms with E-state index in [-0.39, 0.29) is 31.1 Å². The van der Waals surface area contributed by atoms with Gasteiger partial charge in [0.15, 0.2) is 0 Å². The van der Waals surface area contributed by atoms with Crippen molar-refractivity contribution in [1.82, 2.24) is 10.2 Å². The van der Waals surface area contributed by atoms with Crippen molar-refractivity contribution < 1.29 is 33.4 Å². The van der Waals surface area contributed by atoms with Crippen molar-refractivity contribution in [1.29, 1.82) is 0 Å². The molecule has 1 fully saturated rings. The molecule has 268 valence electrons. The van der Waals surface area contributed by atoms with Gasteiger partial charge in [0.25, 0.3) is 0 Å².